The minimum atomic E-state index is -0.594. The molecule has 1 amide bonds. The first-order valence-corrected chi connectivity index (χ1v) is 6.31. The van der Waals surface area contributed by atoms with Crippen LogP contribution in [0.3, 0.4) is 0 Å². The lowest BCUT2D eigenvalue weighted by Gasteiger charge is -2.10. The molecule has 7 heteroatoms. The fourth-order valence-electron chi connectivity index (χ4n) is 1.57. The summed E-state index contributed by atoms with van der Waals surface area (Å²) in [6.07, 6.45) is 2.54. The molecule has 2 heterocycles. The van der Waals surface area contributed by atoms with Crippen LogP contribution in [-0.2, 0) is 0 Å². The van der Waals surface area contributed by atoms with Crippen LogP contribution in [0.1, 0.15) is 17.3 Å². The zero-order chi connectivity index (χ0) is 14.5. The molecule has 0 unspecified atom stereocenters. The monoisotopic (exact) mass is 294 g/mol. The molecule has 104 valence electrons. The third-order valence-corrected chi connectivity index (χ3v) is 2.74. The van der Waals surface area contributed by atoms with E-state index in [2.05, 4.69) is 20.6 Å². The molecule has 0 aliphatic heterocycles. The molecule has 0 aliphatic carbocycles. The molecular formula is C13H12ClFN4O. The highest BCUT2D eigenvalue weighted by Crippen LogP contribution is 2.20. The molecule has 0 bridgehead atoms. The summed E-state index contributed by atoms with van der Waals surface area (Å²) in [5.74, 6) is -0.609. The topological polar surface area (TPSA) is 66.9 Å². The lowest BCUT2D eigenvalue weighted by Crippen LogP contribution is -2.17. The number of carbonyl (C=O) groups is 1. The fourth-order valence-corrected chi connectivity index (χ4v) is 1.74. The van der Waals surface area contributed by atoms with Crippen LogP contribution in [-0.4, -0.2) is 22.4 Å². The van der Waals surface area contributed by atoms with Gasteiger partial charge in [-0.25, -0.2) is 14.4 Å². The first-order valence-electron chi connectivity index (χ1n) is 5.93. The molecule has 2 aromatic rings. The highest BCUT2D eigenvalue weighted by Gasteiger charge is 2.15. The van der Waals surface area contributed by atoms with Gasteiger partial charge in [-0.05, 0) is 25.1 Å². The maximum Gasteiger partial charge on any atom is 0.260 e. The molecule has 0 aliphatic rings. The molecule has 0 fully saturated rings. The Bertz CT molecular complexity index is 636. The number of nitrogens with zero attached hydrogens (tertiary/aromatic N) is 2. The van der Waals surface area contributed by atoms with Crippen LogP contribution in [0.25, 0.3) is 0 Å². The van der Waals surface area contributed by atoms with Gasteiger partial charge in [0.05, 0.1) is 16.8 Å². The second kappa shape index (κ2) is 6.29. The number of aromatic nitrogens is 2. The second-order valence-electron chi connectivity index (χ2n) is 3.87. The number of amides is 1. The van der Waals surface area contributed by atoms with Crippen LogP contribution < -0.4 is 10.6 Å². The summed E-state index contributed by atoms with van der Waals surface area (Å²) in [5, 5.41) is 5.72. The molecule has 0 spiro atoms. The van der Waals surface area contributed by atoms with E-state index >= 15 is 0 Å². The van der Waals surface area contributed by atoms with Crippen LogP contribution >= 0.6 is 11.6 Å². The van der Waals surface area contributed by atoms with E-state index in [9.17, 15) is 9.18 Å². The minimum absolute atomic E-state index is 0.0913. The first-order chi connectivity index (χ1) is 9.61. The molecule has 0 aromatic carbocycles. The van der Waals surface area contributed by atoms with Crippen molar-refractivity contribution in [3.63, 3.8) is 0 Å². The van der Waals surface area contributed by atoms with E-state index in [1.165, 1.54) is 6.20 Å². The largest absolute Gasteiger partial charge is 0.370 e. The van der Waals surface area contributed by atoms with Crippen molar-refractivity contribution in [1.82, 2.24) is 9.97 Å². The zero-order valence-electron chi connectivity index (χ0n) is 10.7. The Balaban J connectivity index is 2.29. The van der Waals surface area contributed by atoms with E-state index < -0.39 is 11.7 Å². The van der Waals surface area contributed by atoms with Crippen molar-refractivity contribution < 1.29 is 9.18 Å². The summed E-state index contributed by atoms with van der Waals surface area (Å²) in [5.41, 5.74) is 0.0913. The smallest absolute Gasteiger partial charge is 0.260 e. The molecule has 2 aromatic heterocycles. The van der Waals surface area contributed by atoms with Gasteiger partial charge in [0.15, 0.2) is 5.82 Å². The van der Waals surface area contributed by atoms with E-state index in [-0.39, 0.29) is 11.4 Å². The lowest BCUT2D eigenvalue weighted by molar-refractivity contribution is 0.102. The molecule has 0 radical (unpaired) electrons. The van der Waals surface area contributed by atoms with Gasteiger partial charge in [-0.15, -0.1) is 0 Å². The van der Waals surface area contributed by atoms with Gasteiger partial charge in [0.2, 0.25) is 0 Å². The van der Waals surface area contributed by atoms with Gasteiger partial charge in [0, 0.05) is 12.7 Å². The average molecular weight is 295 g/mol. The van der Waals surface area contributed by atoms with Gasteiger partial charge in [-0.2, -0.15) is 0 Å². The number of pyridine rings is 2. The SMILES string of the molecule is CCNc1ncc(F)cc1C(=O)Nc1ncccc1Cl. The summed E-state index contributed by atoms with van der Waals surface area (Å²) >= 11 is 5.91. The van der Waals surface area contributed by atoms with Crippen molar-refractivity contribution in [1.29, 1.82) is 0 Å². The van der Waals surface area contributed by atoms with Crippen molar-refractivity contribution in [3.8, 4) is 0 Å². The predicted octanol–water partition coefficient (Wildman–Crippen LogP) is 2.95. The molecule has 2 N–H and O–H groups in total. The molecule has 0 atom stereocenters. The van der Waals surface area contributed by atoms with Crippen LogP contribution in [0, 0.1) is 5.82 Å². The third-order valence-electron chi connectivity index (χ3n) is 2.43. The normalized spacial score (nSPS) is 10.2. The minimum Gasteiger partial charge on any atom is -0.370 e. The maximum absolute atomic E-state index is 13.3. The fraction of sp³-hybridized carbons (Fsp3) is 0.154. The maximum atomic E-state index is 13.3. The number of anilines is 2. The molecule has 0 saturated carbocycles. The summed E-state index contributed by atoms with van der Waals surface area (Å²) in [6.45, 7) is 2.41. The van der Waals surface area contributed by atoms with Crippen LogP contribution in [0.5, 0.6) is 0 Å². The average Bonchev–Trinajstić information content (AvgIpc) is 2.43. The number of carbonyl (C=O) groups excluding carboxylic acids is 1. The molecule has 20 heavy (non-hydrogen) atoms. The second-order valence-corrected chi connectivity index (χ2v) is 4.28. The predicted molar refractivity (Wildman–Crippen MR) is 75.6 cm³/mol. The first kappa shape index (κ1) is 14.2. The van der Waals surface area contributed by atoms with Gasteiger partial charge in [0.1, 0.15) is 11.6 Å². The van der Waals surface area contributed by atoms with Crippen molar-refractivity contribution in [2.24, 2.45) is 0 Å². The Hall–Kier alpha value is -2.21. The van der Waals surface area contributed by atoms with Crippen LogP contribution in [0.4, 0.5) is 16.0 Å². The van der Waals surface area contributed by atoms with Gasteiger partial charge < -0.3 is 10.6 Å². The Morgan fingerprint density at radius 3 is 2.90 bits per heavy atom. The van der Waals surface area contributed by atoms with Gasteiger partial charge >= 0.3 is 0 Å². The van der Waals surface area contributed by atoms with Crippen molar-refractivity contribution in [3.05, 3.63) is 47.0 Å². The van der Waals surface area contributed by atoms with Crippen molar-refractivity contribution in [2.75, 3.05) is 17.2 Å². The number of rotatable bonds is 4. The van der Waals surface area contributed by atoms with Crippen LogP contribution in [0.2, 0.25) is 5.02 Å². The highest BCUT2D eigenvalue weighted by molar-refractivity contribution is 6.33. The van der Waals surface area contributed by atoms with Gasteiger partial charge in [-0.3, -0.25) is 4.79 Å². The van der Waals surface area contributed by atoms with E-state index in [1.807, 2.05) is 6.92 Å². The van der Waals surface area contributed by atoms with E-state index in [4.69, 9.17) is 11.6 Å². The summed E-state index contributed by atoms with van der Waals surface area (Å²) < 4.78 is 13.3. The van der Waals surface area contributed by atoms with Gasteiger partial charge in [0.25, 0.3) is 5.91 Å². The Kier molecular flexibility index (Phi) is 4.47. The Morgan fingerprint density at radius 2 is 2.20 bits per heavy atom. The molecule has 0 saturated heterocycles. The molecular weight excluding hydrogens is 283 g/mol. The number of halogens is 2. The third kappa shape index (κ3) is 3.21. The van der Waals surface area contributed by atoms with Gasteiger partial charge in [-0.1, -0.05) is 11.6 Å². The number of nitrogens with one attached hydrogen (secondary N) is 2. The number of hydrogen-bond donors (Lipinski definition) is 2. The van der Waals surface area contributed by atoms with Crippen LogP contribution in [0.15, 0.2) is 30.6 Å². The summed E-state index contributed by atoms with van der Waals surface area (Å²) in [4.78, 5) is 20.0. The highest BCUT2D eigenvalue weighted by atomic mass is 35.5. The molecule has 2 rings (SSSR count). The van der Waals surface area contributed by atoms with Crippen molar-refractivity contribution in [2.45, 2.75) is 6.92 Å². The standard InChI is InChI=1S/C13H12ClFN4O/c1-2-16-11-9(6-8(15)7-18-11)13(20)19-12-10(14)4-3-5-17-12/h3-7H,2H2,1H3,(H,16,18)(H,17,19,20). The van der Waals surface area contributed by atoms with E-state index in [1.54, 1.807) is 12.1 Å². The molecule has 5 nitrogen and oxygen atoms in total. The zero-order valence-corrected chi connectivity index (χ0v) is 11.4. The Morgan fingerprint density at radius 1 is 1.40 bits per heavy atom. The van der Waals surface area contributed by atoms with Crippen molar-refractivity contribution >= 4 is 29.1 Å². The summed E-state index contributed by atoms with van der Waals surface area (Å²) in [6, 6.07) is 4.35. The quantitative estimate of drug-likeness (QED) is 0.910. The summed E-state index contributed by atoms with van der Waals surface area (Å²) in [7, 11) is 0. The van der Waals surface area contributed by atoms with E-state index in [0.29, 0.717) is 17.4 Å². The lowest BCUT2D eigenvalue weighted by atomic mass is 10.2. The Labute approximate surface area is 120 Å². The number of hydrogen-bond acceptors (Lipinski definition) is 4. The van der Waals surface area contributed by atoms with E-state index in [0.717, 1.165) is 12.3 Å².